The van der Waals surface area contributed by atoms with Crippen LogP contribution in [0.1, 0.15) is 51.4 Å². The van der Waals surface area contributed by atoms with Gasteiger partial charge >= 0.3 is 5.97 Å². The third kappa shape index (κ3) is 9.08. The molecule has 0 unspecified atom stereocenters. The van der Waals surface area contributed by atoms with Gasteiger partial charge < -0.3 is 84.6 Å². The van der Waals surface area contributed by atoms with Crippen LogP contribution in [-0.4, -0.2) is 181 Å². The van der Waals surface area contributed by atoms with Crippen LogP contribution in [0.15, 0.2) is 0 Å². The van der Waals surface area contributed by atoms with Crippen molar-refractivity contribution in [2.75, 3.05) is 26.9 Å². The Morgan fingerprint density at radius 2 is 1.22 bits per heavy atom. The summed E-state index contributed by atoms with van der Waals surface area (Å²) in [6, 6.07) is 0. The number of hydrogen-bond acceptors (Lipinski definition) is 18. The van der Waals surface area contributed by atoms with Gasteiger partial charge in [0.15, 0.2) is 18.4 Å². The van der Waals surface area contributed by atoms with E-state index in [0.29, 0.717) is 32.1 Å². The van der Waals surface area contributed by atoms with Gasteiger partial charge in [-0.15, -0.1) is 0 Å². The molecule has 3 heterocycles. The van der Waals surface area contributed by atoms with Gasteiger partial charge in [0.1, 0.15) is 73.2 Å². The molecule has 0 aromatic heterocycles. The van der Waals surface area contributed by atoms with E-state index < -0.39 is 111 Å². The Morgan fingerprint density at radius 3 is 1.83 bits per heavy atom. The number of hydrogen-bond donors (Lipinski definition) is 11. The van der Waals surface area contributed by atoms with Crippen molar-refractivity contribution >= 4 is 5.97 Å². The zero-order chi connectivity index (χ0) is 34.2. The first-order chi connectivity index (χ1) is 21.8. The van der Waals surface area contributed by atoms with Crippen LogP contribution >= 0.6 is 0 Å². The zero-order valence-corrected chi connectivity index (χ0v) is 25.6. The smallest absolute Gasteiger partial charge is 0.305 e. The molecule has 3 aliphatic rings. The molecule has 46 heavy (non-hydrogen) atoms. The highest BCUT2D eigenvalue weighted by Crippen LogP contribution is 2.39. The summed E-state index contributed by atoms with van der Waals surface area (Å²) in [5.41, 5.74) is 0. The normalized spacial score (nSPS) is 43.4. The summed E-state index contributed by atoms with van der Waals surface area (Å²) in [6.45, 7) is -2.41. The summed E-state index contributed by atoms with van der Waals surface area (Å²) in [6.07, 6.45) is -20.2. The van der Waals surface area contributed by atoms with Crippen LogP contribution in [0.25, 0.3) is 0 Å². The third-order valence-corrected chi connectivity index (χ3v) is 8.71. The number of rotatable bonds is 16. The Balaban J connectivity index is 1.74. The predicted molar refractivity (Wildman–Crippen MR) is 149 cm³/mol. The van der Waals surface area contributed by atoms with E-state index in [1.807, 2.05) is 0 Å². The second-order valence-corrected chi connectivity index (χ2v) is 11.9. The Hall–Kier alpha value is -1.17. The van der Waals surface area contributed by atoms with E-state index in [9.17, 15) is 61.0 Å². The van der Waals surface area contributed by atoms with Crippen molar-refractivity contribution in [3.05, 3.63) is 0 Å². The molecular formula is C28H50O18. The number of methoxy groups -OCH3 is 1. The van der Waals surface area contributed by atoms with Gasteiger partial charge in [0.05, 0.1) is 26.9 Å². The predicted octanol–water partition coefficient (Wildman–Crippen LogP) is -4.91. The number of carbonyl (C=O) groups excluding carboxylic acids is 1. The van der Waals surface area contributed by atoms with E-state index in [0.717, 1.165) is 12.8 Å². The van der Waals surface area contributed by atoms with Crippen molar-refractivity contribution in [1.82, 2.24) is 0 Å². The van der Waals surface area contributed by atoms with E-state index in [1.165, 1.54) is 7.11 Å². The molecule has 18 heteroatoms. The fourth-order valence-corrected chi connectivity index (χ4v) is 5.95. The van der Waals surface area contributed by atoms with Crippen LogP contribution in [0.4, 0.5) is 0 Å². The molecule has 3 saturated heterocycles. The van der Waals surface area contributed by atoms with Crippen molar-refractivity contribution < 1.29 is 89.4 Å². The standard InChI is InChI=1S/C28H50O18/c1-41-16(32)8-6-4-2-3-5-7-9-28(25(39)20(36)17(33)13(10-29)45-28)46-24-15(12-31)43-27(22(38)19(24)35)44-23-14(11-30)42-26(40)21(37)18(23)34/h13-15,17-27,29-31,33-40H,2-12H2,1H3/t13-,14-,15-,17+,18-,19-,20+,21-,22-,23-,24+,25-,26-,27+,28-/m1/s1. The monoisotopic (exact) mass is 674 g/mol. The molecule has 0 spiro atoms. The van der Waals surface area contributed by atoms with Crippen LogP contribution < -0.4 is 0 Å². The van der Waals surface area contributed by atoms with Gasteiger partial charge in [-0.2, -0.15) is 0 Å². The second kappa shape index (κ2) is 18.0. The molecule has 270 valence electrons. The van der Waals surface area contributed by atoms with Crippen LogP contribution in [0, 0.1) is 0 Å². The van der Waals surface area contributed by atoms with E-state index in [1.54, 1.807) is 0 Å². The van der Waals surface area contributed by atoms with Gasteiger partial charge in [-0.25, -0.2) is 0 Å². The minimum absolute atomic E-state index is 0.127. The second-order valence-electron chi connectivity index (χ2n) is 11.9. The topological polar surface area (TPSA) is 295 Å². The van der Waals surface area contributed by atoms with Crippen LogP contribution in [0.2, 0.25) is 0 Å². The fourth-order valence-electron chi connectivity index (χ4n) is 5.95. The van der Waals surface area contributed by atoms with Crippen molar-refractivity contribution in [2.24, 2.45) is 0 Å². The lowest BCUT2D eigenvalue weighted by Crippen LogP contribution is -2.70. The van der Waals surface area contributed by atoms with Crippen LogP contribution in [-0.2, 0) is 33.2 Å². The van der Waals surface area contributed by atoms with Gasteiger partial charge in [0.25, 0.3) is 0 Å². The van der Waals surface area contributed by atoms with E-state index in [4.69, 9.17) is 23.7 Å². The summed E-state index contributed by atoms with van der Waals surface area (Å²) >= 11 is 0. The molecule has 0 aliphatic carbocycles. The van der Waals surface area contributed by atoms with Crippen molar-refractivity contribution in [1.29, 1.82) is 0 Å². The summed E-state index contributed by atoms with van der Waals surface area (Å²) in [4.78, 5) is 11.3. The molecule has 0 aromatic rings. The number of esters is 1. The first-order valence-corrected chi connectivity index (χ1v) is 15.5. The summed E-state index contributed by atoms with van der Waals surface area (Å²) in [5.74, 6) is -2.46. The SMILES string of the molecule is COC(=O)CCCCCCCC[C@]1(O[C@@H]2[C@H](O)[C@@H](O)[C@H](O[C@H]3[C@H](O)[C@@H](O)[C@H](O)O[C@@H]3CO)O[C@@H]2CO)O[C@H](CO)[C@H](O)[C@H](O)[C@H]1O. The molecule has 0 bridgehead atoms. The number of ether oxygens (including phenoxy) is 6. The molecule has 0 radical (unpaired) electrons. The number of aliphatic hydroxyl groups is 11. The lowest BCUT2D eigenvalue weighted by molar-refractivity contribution is -0.411. The lowest BCUT2D eigenvalue weighted by atomic mass is 9.88. The number of aliphatic hydroxyl groups excluding tert-OH is 11. The van der Waals surface area contributed by atoms with Crippen molar-refractivity contribution in [3.8, 4) is 0 Å². The zero-order valence-electron chi connectivity index (χ0n) is 25.6. The van der Waals surface area contributed by atoms with E-state index in [-0.39, 0.29) is 12.4 Å². The molecule has 11 N–H and O–H groups in total. The van der Waals surface area contributed by atoms with Gasteiger partial charge in [-0.1, -0.05) is 25.7 Å². The highest BCUT2D eigenvalue weighted by Gasteiger charge is 2.58. The lowest BCUT2D eigenvalue weighted by Gasteiger charge is -2.52. The average molecular weight is 675 g/mol. The number of unbranched alkanes of at least 4 members (excludes halogenated alkanes) is 5. The molecule has 15 atom stereocenters. The molecule has 0 aromatic carbocycles. The van der Waals surface area contributed by atoms with Gasteiger partial charge in [-0.3, -0.25) is 4.79 Å². The minimum Gasteiger partial charge on any atom is -0.469 e. The Labute approximate surface area is 265 Å². The van der Waals surface area contributed by atoms with Gasteiger partial charge in [-0.05, 0) is 12.8 Å². The van der Waals surface area contributed by atoms with Gasteiger partial charge in [0, 0.05) is 12.8 Å². The van der Waals surface area contributed by atoms with Crippen LogP contribution in [0.3, 0.4) is 0 Å². The Morgan fingerprint density at radius 1 is 0.652 bits per heavy atom. The van der Waals surface area contributed by atoms with E-state index >= 15 is 0 Å². The molecule has 0 amide bonds. The largest absolute Gasteiger partial charge is 0.469 e. The van der Waals surface area contributed by atoms with Gasteiger partial charge in [0.2, 0.25) is 0 Å². The van der Waals surface area contributed by atoms with Crippen molar-refractivity contribution in [2.45, 2.75) is 143 Å². The average Bonchev–Trinajstić information content (AvgIpc) is 3.05. The maximum Gasteiger partial charge on any atom is 0.305 e. The van der Waals surface area contributed by atoms with Crippen molar-refractivity contribution in [3.63, 3.8) is 0 Å². The Kier molecular flexibility index (Phi) is 15.4. The number of carbonyl (C=O) groups is 1. The molecular weight excluding hydrogens is 624 g/mol. The summed E-state index contributed by atoms with van der Waals surface area (Å²) in [5, 5.41) is 114. The highest BCUT2D eigenvalue weighted by atomic mass is 16.8. The first kappa shape index (κ1) is 39.3. The van der Waals surface area contributed by atoms with E-state index in [2.05, 4.69) is 4.74 Å². The molecule has 3 aliphatic heterocycles. The maximum atomic E-state index is 11.3. The summed E-state index contributed by atoms with van der Waals surface area (Å²) in [7, 11) is 1.32. The molecule has 3 fully saturated rings. The molecule has 18 nitrogen and oxygen atoms in total. The minimum atomic E-state index is -2.16. The summed E-state index contributed by atoms with van der Waals surface area (Å²) < 4.78 is 32.7. The highest BCUT2D eigenvalue weighted by molar-refractivity contribution is 5.68. The molecule has 0 saturated carbocycles. The first-order valence-electron chi connectivity index (χ1n) is 15.5. The Bertz CT molecular complexity index is 908. The quantitative estimate of drug-likeness (QED) is 0.0540. The van der Waals surface area contributed by atoms with Crippen LogP contribution in [0.5, 0.6) is 0 Å². The third-order valence-electron chi connectivity index (χ3n) is 8.71. The molecule has 3 rings (SSSR count). The maximum absolute atomic E-state index is 11.3. The fraction of sp³-hybridized carbons (Fsp3) is 0.964.